The molecule has 2 fully saturated rings. The molecule has 0 spiro atoms. The van der Waals surface area contributed by atoms with Gasteiger partial charge in [-0.1, -0.05) is 6.07 Å². The first-order chi connectivity index (χ1) is 12.2. The SMILES string of the molecule is N#Cc1cccc(OCCN2C[C@H](F)C[C@H]2C(=O)N2CCOCC2)c1. The fraction of sp³-hybridized carbons (Fsp3) is 0.556. The lowest BCUT2D eigenvalue weighted by Gasteiger charge is -2.32. The number of carbonyl (C=O) groups is 1. The van der Waals surface area contributed by atoms with Crippen LogP contribution >= 0.6 is 0 Å². The minimum absolute atomic E-state index is 0.0186. The van der Waals surface area contributed by atoms with E-state index in [1.807, 2.05) is 4.90 Å². The van der Waals surface area contributed by atoms with Gasteiger partial charge in [0.1, 0.15) is 18.5 Å². The number of likely N-dealkylation sites (tertiary alicyclic amines) is 1. The summed E-state index contributed by atoms with van der Waals surface area (Å²) in [6.07, 6.45) is -0.753. The van der Waals surface area contributed by atoms with Crippen molar-refractivity contribution in [2.45, 2.75) is 18.6 Å². The molecule has 2 aliphatic heterocycles. The lowest BCUT2D eigenvalue weighted by Crippen LogP contribution is -2.50. The molecule has 25 heavy (non-hydrogen) atoms. The van der Waals surface area contributed by atoms with E-state index in [9.17, 15) is 9.18 Å². The summed E-state index contributed by atoms with van der Waals surface area (Å²) < 4.78 is 24.8. The van der Waals surface area contributed by atoms with Crippen LogP contribution in [-0.2, 0) is 9.53 Å². The van der Waals surface area contributed by atoms with Gasteiger partial charge in [0.2, 0.25) is 5.91 Å². The minimum Gasteiger partial charge on any atom is -0.492 e. The van der Waals surface area contributed by atoms with Gasteiger partial charge in [0, 0.05) is 32.6 Å². The molecule has 0 unspecified atom stereocenters. The average Bonchev–Trinajstić information content (AvgIpc) is 3.02. The number of amides is 1. The molecule has 2 atom stereocenters. The molecule has 2 aliphatic rings. The summed E-state index contributed by atoms with van der Waals surface area (Å²) in [5.74, 6) is 0.584. The molecule has 0 saturated carbocycles. The van der Waals surface area contributed by atoms with Gasteiger partial charge in [-0.2, -0.15) is 5.26 Å². The summed E-state index contributed by atoms with van der Waals surface area (Å²) in [6, 6.07) is 8.54. The van der Waals surface area contributed by atoms with Crippen LogP contribution in [-0.4, -0.2) is 73.9 Å². The summed E-state index contributed by atoms with van der Waals surface area (Å²) in [5.41, 5.74) is 0.530. The maximum atomic E-state index is 13.9. The first-order valence-electron chi connectivity index (χ1n) is 8.55. The number of hydrogen-bond donors (Lipinski definition) is 0. The van der Waals surface area contributed by atoms with E-state index in [1.54, 1.807) is 29.2 Å². The summed E-state index contributed by atoms with van der Waals surface area (Å²) in [4.78, 5) is 16.3. The molecule has 3 rings (SSSR count). The Kier molecular flexibility index (Phi) is 5.84. The van der Waals surface area contributed by atoms with Crippen molar-refractivity contribution in [3.8, 4) is 11.8 Å². The second-order valence-corrected chi connectivity index (χ2v) is 6.27. The van der Waals surface area contributed by atoms with Gasteiger partial charge >= 0.3 is 0 Å². The lowest BCUT2D eigenvalue weighted by molar-refractivity contribution is -0.140. The van der Waals surface area contributed by atoms with E-state index < -0.39 is 12.2 Å². The highest BCUT2D eigenvalue weighted by Gasteiger charge is 2.39. The van der Waals surface area contributed by atoms with Crippen LogP contribution in [0.5, 0.6) is 5.75 Å². The van der Waals surface area contributed by atoms with Crippen molar-refractivity contribution in [3.63, 3.8) is 0 Å². The van der Waals surface area contributed by atoms with Crippen LogP contribution in [0.2, 0.25) is 0 Å². The van der Waals surface area contributed by atoms with Gasteiger partial charge in [0.25, 0.3) is 0 Å². The number of benzene rings is 1. The molecule has 0 aromatic heterocycles. The maximum absolute atomic E-state index is 13.9. The Morgan fingerprint density at radius 2 is 2.20 bits per heavy atom. The molecule has 1 aromatic carbocycles. The molecule has 2 saturated heterocycles. The third-order valence-electron chi connectivity index (χ3n) is 4.57. The number of rotatable bonds is 5. The molecule has 0 radical (unpaired) electrons. The summed E-state index contributed by atoms with van der Waals surface area (Å²) in [6.45, 7) is 3.27. The molecule has 1 amide bonds. The third-order valence-corrected chi connectivity index (χ3v) is 4.57. The highest BCUT2D eigenvalue weighted by molar-refractivity contribution is 5.82. The largest absolute Gasteiger partial charge is 0.492 e. The van der Waals surface area contributed by atoms with Gasteiger partial charge < -0.3 is 14.4 Å². The number of nitrogens with zero attached hydrogens (tertiary/aromatic N) is 3. The Labute approximate surface area is 146 Å². The predicted molar refractivity (Wildman–Crippen MR) is 88.9 cm³/mol. The molecule has 0 aliphatic carbocycles. The molecule has 0 bridgehead atoms. The van der Waals surface area contributed by atoms with Crippen molar-refractivity contribution in [2.75, 3.05) is 46.0 Å². The summed E-state index contributed by atoms with van der Waals surface area (Å²) in [7, 11) is 0. The van der Waals surface area contributed by atoms with Gasteiger partial charge in [-0.3, -0.25) is 9.69 Å². The van der Waals surface area contributed by atoms with E-state index in [0.717, 1.165) is 0 Å². The number of halogens is 1. The number of carbonyl (C=O) groups excluding carboxylic acids is 1. The van der Waals surface area contributed by atoms with E-state index in [2.05, 4.69) is 6.07 Å². The highest BCUT2D eigenvalue weighted by atomic mass is 19.1. The van der Waals surface area contributed by atoms with E-state index in [4.69, 9.17) is 14.7 Å². The van der Waals surface area contributed by atoms with Gasteiger partial charge in [-0.25, -0.2) is 4.39 Å². The zero-order valence-corrected chi connectivity index (χ0v) is 14.1. The smallest absolute Gasteiger partial charge is 0.240 e. The normalized spacial score (nSPS) is 24.1. The number of hydrogen-bond acceptors (Lipinski definition) is 5. The van der Waals surface area contributed by atoms with Gasteiger partial charge in [-0.05, 0) is 18.2 Å². The maximum Gasteiger partial charge on any atom is 0.240 e. The Bertz CT molecular complexity index is 643. The molecule has 6 nitrogen and oxygen atoms in total. The first kappa shape index (κ1) is 17.6. The number of ether oxygens (including phenoxy) is 2. The molecule has 1 aromatic rings. The van der Waals surface area contributed by atoms with Crippen molar-refractivity contribution < 1.29 is 18.7 Å². The lowest BCUT2D eigenvalue weighted by atomic mass is 10.1. The highest BCUT2D eigenvalue weighted by Crippen LogP contribution is 2.22. The predicted octanol–water partition coefficient (Wildman–Crippen LogP) is 1.21. The third kappa shape index (κ3) is 4.47. The van der Waals surface area contributed by atoms with Crippen LogP contribution in [0.1, 0.15) is 12.0 Å². The number of nitriles is 1. The second-order valence-electron chi connectivity index (χ2n) is 6.27. The monoisotopic (exact) mass is 347 g/mol. The second kappa shape index (κ2) is 8.28. The molecule has 0 N–H and O–H groups in total. The quantitative estimate of drug-likeness (QED) is 0.801. The van der Waals surface area contributed by atoms with Crippen LogP contribution in [0.3, 0.4) is 0 Å². The van der Waals surface area contributed by atoms with Gasteiger partial charge in [0.05, 0.1) is 30.9 Å². The number of morpholine rings is 1. The zero-order valence-electron chi connectivity index (χ0n) is 14.1. The fourth-order valence-corrected chi connectivity index (χ4v) is 3.28. The molecule has 7 heteroatoms. The Balaban J connectivity index is 1.54. The minimum atomic E-state index is -0.989. The Hall–Kier alpha value is -2.17. The first-order valence-corrected chi connectivity index (χ1v) is 8.55. The Morgan fingerprint density at radius 1 is 1.40 bits per heavy atom. The molecule has 134 valence electrons. The molecule has 2 heterocycles. The topological polar surface area (TPSA) is 65.8 Å². The van der Waals surface area contributed by atoms with E-state index in [-0.39, 0.29) is 18.9 Å². The molecular weight excluding hydrogens is 325 g/mol. The Morgan fingerprint density at radius 3 is 2.96 bits per heavy atom. The van der Waals surface area contributed by atoms with E-state index in [1.165, 1.54) is 0 Å². The van der Waals surface area contributed by atoms with Crippen LogP contribution in [0.15, 0.2) is 24.3 Å². The summed E-state index contributed by atoms with van der Waals surface area (Å²) in [5, 5.41) is 8.90. The van der Waals surface area contributed by atoms with E-state index >= 15 is 0 Å². The van der Waals surface area contributed by atoms with Crippen molar-refractivity contribution in [3.05, 3.63) is 29.8 Å². The van der Waals surface area contributed by atoms with Gasteiger partial charge in [-0.15, -0.1) is 0 Å². The number of alkyl halides is 1. The standard InChI is InChI=1S/C18H22FN3O3/c19-15-11-17(18(23)21-4-7-24-8-5-21)22(13-15)6-9-25-16-3-1-2-14(10-16)12-20/h1-3,10,15,17H,4-9,11,13H2/t15-,17+/m1/s1. The van der Waals surface area contributed by atoms with Crippen LogP contribution in [0.4, 0.5) is 4.39 Å². The van der Waals surface area contributed by atoms with Crippen molar-refractivity contribution in [1.29, 1.82) is 5.26 Å². The van der Waals surface area contributed by atoms with Crippen LogP contribution in [0.25, 0.3) is 0 Å². The zero-order chi connectivity index (χ0) is 17.6. The van der Waals surface area contributed by atoms with Crippen LogP contribution < -0.4 is 4.74 Å². The van der Waals surface area contributed by atoms with Crippen molar-refractivity contribution in [1.82, 2.24) is 9.80 Å². The fourth-order valence-electron chi connectivity index (χ4n) is 3.28. The van der Waals surface area contributed by atoms with Crippen molar-refractivity contribution >= 4 is 5.91 Å². The van der Waals surface area contributed by atoms with Crippen LogP contribution in [0, 0.1) is 11.3 Å². The van der Waals surface area contributed by atoms with E-state index in [0.29, 0.717) is 50.8 Å². The van der Waals surface area contributed by atoms with Gasteiger partial charge in [0.15, 0.2) is 0 Å². The summed E-state index contributed by atoms with van der Waals surface area (Å²) >= 11 is 0. The average molecular weight is 347 g/mol. The van der Waals surface area contributed by atoms with Crippen molar-refractivity contribution in [2.24, 2.45) is 0 Å². The molecular formula is C18H22FN3O3.